The van der Waals surface area contributed by atoms with E-state index in [9.17, 15) is 17.6 Å². The van der Waals surface area contributed by atoms with E-state index in [4.69, 9.17) is 0 Å². The van der Waals surface area contributed by atoms with E-state index < -0.39 is 18.4 Å². The molecule has 1 fully saturated rings. The molecule has 0 unspecified atom stereocenters. The normalized spacial score (nSPS) is 18.1. The van der Waals surface area contributed by atoms with Crippen molar-refractivity contribution in [2.75, 3.05) is 32.9 Å². The lowest BCUT2D eigenvalue weighted by molar-refractivity contribution is -0.137. The van der Waals surface area contributed by atoms with Crippen LogP contribution in [0.5, 0.6) is 0 Å². The first kappa shape index (κ1) is 18.2. The van der Waals surface area contributed by atoms with Crippen LogP contribution in [0, 0.1) is 0 Å². The molecule has 1 aromatic carbocycles. The quantitative estimate of drug-likeness (QED) is 0.853. The Balaban J connectivity index is 0.00000220. The molecule has 0 aliphatic carbocycles. The zero-order chi connectivity index (χ0) is 14.6. The zero-order valence-electron chi connectivity index (χ0n) is 11.5. The van der Waals surface area contributed by atoms with Gasteiger partial charge >= 0.3 is 6.18 Å². The van der Waals surface area contributed by atoms with Crippen LogP contribution in [0.1, 0.15) is 23.6 Å². The first-order valence-corrected chi connectivity index (χ1v) is 6.70. The second-order valence-corrected chi connectivity index (χ2v) is 4.90. The number of halogens is 5. The minimum absolute atomic E-state index is 0. The highest BCUT2D eigenvalue weighted by molar-refractivity contribution is 5.85. The zero-order valence-corrected chi connectivity index (χ0v) is 12.3. The van der Waals surface area contributed by atoms with E-state index >= 15 is 0 Å². The number of hydrogen-bond donors (Lipinski definition) is 1. The highest BCUT2D eigenvalue weighted by Crippen LogP contribution is 2.33. The Labute approximate surface area is 127 Å². The Bertz CT molecular complexity index is 433. The summed E-state index contributed by atoms with van der Waals surface area (Å²) in [5.74, 6) is 0. The van der Waals surface area contributed by atoms with Crippen molar-refractivity contribution in [3.8, 4) is 0 Å². The molecule has 1 aliphatic rings. The van der Waals surface area contributed by atoms with Crippen LogP contribution >= 0.6 is 12.4 Å². The van der Waals surface area contributed by atoms with E-state index in [1.807, 2.05) is 4.90 Å². The lowest BCUT2D eigenvalue weighted by atomic mass is 9.99. The van der Waals surface area contributed by atoms with Gasteiger partial charge in [0.25, 0.3) is 0 Å². The second kappa shape index (κ2) is 7.96. The van der Waals surface area contributed by atoms with Gasteiger partial charge in [-0.1, -0.05) is 12.1 Å². The smallest absolute Gasteiger partial charge is 0.314 e. The summed E-state index contributed by atoms with van der Waals surface area (Å²) in [5, 5.41) is 3.18. The fourth-order valence-corrected chi connectivity index (χ4v) is 2.58. The maximum atomic E-state index is 12.8. The maximum Gasteiger partial charge on any atom is 0.416 e. The topological polar surface area (TPSA) is 15.3 Å². The molecule has 120 valence electrons. The van der Waals surface area contributed by atoms with Crippen molar-refractivity contribution in [3.05, 3.63) is 35.4 Å². The van der Waals surface area contributed by atoms with Gasteiger partial charge in [0.05, 0.1) is 12.2 Å². The van der Waals surface area contributed by atoms with Crippen molar-refractivity contribution < 1.29 is 17.6 Å². The van der Waals surface area contributed by atoms with Gasteiger partial charge < -0.3 is 5.32 Å². The van der Waals surface area contributed by atoms with E-state index in [1.165, 1.54) is 6.07 Å². The van der Waals surface area contributed by atoms with Gasteiger partial charge in [0, 0.05) is 32.2 Å². The monoisotopic (exact) mass is 326 g/mol. The summed E-state index contributed by atoms with van der Waals surface area (Å²) in [5.41, 5.74) is -0.131. The van der Waals surface area contributed by atoms with Crippen molar-refractivity contribution in [2.45, 2.75) is 18.6 Å². The summed E-state index contributed by atoms with van der Waals surface area (Å²) in [4.78, 5) is 2.05. The molecule has 0 bridgehead atoms. The Hall–Kier alpha value is -0.850. The molecular formula is C14H19ClF4N2. The standard InChI is InChI=1S/C14H18F4N2.ClH/c15-5-4-13(20-8-6-19-7-9-20)11-2-1-3-12(10-11)14(16,17)18;/h1-3,10,13,19H,4-9H2;1H/t13-;/m0./s1. The number of rotatable bonds is 4. The van der Waals surface area contributed by atoms with E-state index in [0.717, 1.165) is 38.3 Å². The molecule has 2 rings (SSSR count). The molecule has 21 heavy (non-hydrogen) atoms. The minimum atomic E-state index is -4.36. The molecule has 1 atom stereocenters. The molecule has 0 radical (unpaired) electrons. The fourth-order valence-electron chi connectivity index (χ4n) is 2.58. The summed E-state index contributed by atoms with van der Waals surface area (Å²) in [6.07, 6.45) is -4.14. The highest BCUT2D eigenvalue weighted by atomic mass is 35.5. The third kappa shape index (κ3) is 4.83. The van der Waals surface area contributed by atoms with Gasteiger partial charge in [-0.15, -0.1) is 12.4 Å². The van der Waals surface area contributed by atoms with Crippen LogP contribution in [0.3, 0.4) is 0 Å². The molecule has 2 nitrogen and oxygen atoms in total. The van der Waals surface area contributed by atoms with Gasteiger partial charge in [-0.3, -0.25) is 9.29 Å². The van der Waals surface area contributed by atoms with Gasteiger partial charge in [0.15, 0.2) is 0 Å². The molecule has 1 aromatic rings. The second-order valence-electron chi connectivity index (χ2n) is 4.90. The number of hydrogen-bond acceptors (Lipinski definition) is 2. The third-order valence-corrected chi connectivity index (χ3v) is 3.57. The number of nitrogens with zero attached hydrogens (tertiary/aromatic N) is 1. The van der Waals surface area contributed by atoms with Crippen molar-refractivity contribution in [3.63, 3.8) is 0 Å². The van der Waals surface area contributed by atoms with Crippen LogP contribution in [-0.4, -0.2) is 37.8 Å². The van der Waals surface area contributed by atoms with Crippen LogP contribution in [0.2, 0.25) is 0 Å². The molecule has 1 saturated heterocycles. The molecule has 0 amide bonds. The summed E-state index contributed by atoms with van der Waals surface area (Å²) >= 11 is 0. The SMILES string of the molecule is Cl.FCC[C@@H](c1cccc(C(F)(F)F)c1)N1CCNCC1. The van der Waals surface area contributed by atoms with E-state index in [0.29, 0.717) is 5.56 Å². The van der Waals surface area contributed by atoms with Crippen LogP contribution in [0.4, 0.5) is 17.6 Å². The predicted molar refractivity (Wildman–Crippen MR) is 76.5 cm³/mol. The Morgan fingerprint density at radius 2 is 1.86 bits per heavy atom. The summed E-state index contributed by atoms with van der Waals surface area (Å²) < 4.78 is 51.0. The molecule has 0 aromatic heterocycles. The van der Waals surface area contributed by atoms with E-state index in [1.54, 1.807) is 6.07 Å². The maximum absolute atomic E-state index is 12.8. The Morgan fingerprint density at radius 3 is 2.43 bits per heavy atom. The average molecular weight is 327 g/mol. The average Bonchev–Trinajstić information content (AvgIpc) is 2.45. The first-order chi connectivity index (χ1) is 9.52. The highest BCUT2D eigenvalue weighted by Gasteiger charge is 2.31. The molecule has 1 aliphatic heterocycles. The first-order valence-electron chi connectivity index (χ1n) is 6.70. The largest absolute Gasteiger partial charge is 0.416 e. The summed E-state index contributed by atoms with van der Waals surface area (Å²) in [7, 11) is 0. The van der Waals surface area contributed by atoms with Gasteiger partial charge in [-0.2, -0.15) is 13.2 Å². The molecule has 1 N–H and O–H groups in total. The van der Waals surface area contributed by atoms with Gasteiger partial charge in [0.1, 0.15) is 0 Å². The van der Waals surface area contributed by atoms with E-state index in [-0.39, 0.29) is 24.9 Å². The Kier molecular flexibility index (Phi) is 6.90. The Morgan fingerprint density at radius 1 is 1.19 bits per heavy atom. The molecule has 0 spiro atoms. The van der Waals surface area contributed by atoms with Crippen molar-refractivity contribution >= 4 is 12.4 Å². The predicted octanol–water partition coefficient (Wildman–Crippen LogP) is 3.43. The molecule has 0 saturated carbocycles. The minimum Gasteiger partial charge on any atom is -0.314 e. The lowest BCUT2D eigenvalue weighted by Crippen LogP contribution is -2.45. The lowest BCUT2D eigenvalue weighted by Gasteiger charge is -2.35. The summed E-state index contributed by atoms with van der Waals surface area (Å²) in [6.45, 7) is 2.47. The van der Waals surface area contributed by atoms with Gasteiger partial charge in [0.2, 0.25) is 0 Å². The number of alkyl halides is 4. The number of benzene rings is 1. The fraction of sp³-hybridized carbons (Fsp3) is 0.571. The van der Waals surface area contributed by atoms with Crippen LogP contribution in [0.25, 0.3) is 0 Å². The van der Waals surface area contributed by atoms with Crippen LogP contribution < -0.4 is 5.32 Å². The van der Waals surface area contributed by atoms with Crippen molar-refractivity contribution in [1.29, 1.82) is 0 Å². The number of piperazine rings is 1. The van der Waals surface area contributed by atoms with E-state index in [2.05, 4.69) is 5.32 Å². The molecule has 7 heteroatoms. The van der Waals surface area contributed by atoms with Crippen LogP contribution in [0.15, 0.2) is 24.3 Å². The summed E-state index contributed by atoms with van der Waals surface area (Å²) in [6, 6.07) is 4.95. The van der Waals surface area contributed by atoms with Crippen molar-refractivity contribution in [2.24, 2.45) is 0 Å². The third-order valence-electron chi connectivity index (χ3n) is 3.57. The molecular weight excluding hydrogens is 308 g/mol. The van der Waals surface area contributed by atoms with Crippen molar-refractivity contribution in [1.82, 2.24) is 10.2 Å². The molecule has 1 heterocycles. The van der Waals surface area contributed by atoms with Gasteiger partial charge in [-0.25, -0.2) is 0 Å². The van der Waals surface area contributed by atoms with Crippen LogP contribution in [-0.2, 0) is 6.18 Å². The van der Waals surface area contributed by atoms with Gasteiger partial charge in [-0.05, 0) is 24.1 Å². The number of nitrogens with one attached hydrogen (secondary N) is 1.